The van der Waals surface area contributed by atoms with Crippen LogP contribution in [0.5, 0.6) is 5.75 Å². The van der Waals surface area contributed by atoms with Crippen LogP contribution in [0.2, 0.25) is 0 Å². The zero-order valence-corrected chi connectivity index (χ0v) is 8.33. The Bertz CT molecular complexity index is 385. The van der Waals surface area contributed by atoms with Crippen molar-refractivity contribution >= 4 is 12.3 Å². The van der Waals surface area contributed by atoms with E-state index >= 15 is 0 Å². The predicted octanol–water partition coefficient (Wildman–Crippen LogP) is 1.44. The second-order valence-electron chi connectivity index (χ2n) is 2.96. The Balaban J connectivity index is 3.24. The van der Waals surface area contributed by atoms with Crippen molar-refractivity contribution in [1.82, 2.24) is 4.98 Å². The minimum atomic E-state index is -0.416. The first kappa shape index (κ1) is 10.4. The maximum Gasteiger partial charge on any atom is 0.308 e. The number of esters is 1. The Labute approximate surface area is 81.9 Å². The normalized spacial score (nSPS) is 9.64. The van der Waals surface area contributed by atoms with Gasteiger partial charge in [0.25, 0.3) is 0 Å². The lowest BCUT2D eigenvalue weighted by molar-refractivity contribution is -0.132. The number of carbonyl (C=O) groups is 2. The number of hydrogen-bond donors (Lipinski definition) is 0. The number of aryl methyl sites for hydroxylation is 1. The van der Waals surface area contributed by atoms with Crippen LogP contribution in [-0.4, -0.2) is 17.2 Å². The maximum atomic E-state index is 10.8. The average Bonchev–Trinajstić information content (AvgIpc) is 2.12. The highest BCUT2D eigenvalue weighted by atomic mass is 16.5. The molecule has 1 aromatic rings. The van der Waals surface area contributed by atoms with Crippen molar-refractivity contribution in [2.24, 2.45) is 0 Å². The van der Waals surface area contributed by atoms with Crippen molar-refractivity contribution in [3.8, 4) is 5.75 Å². The van der Waals surface area contributed by atoms with E-state index in [4.69, 9.17) is 4.74 Å². The zero-order chi connectivity index (χ0) is 10.7. The summed E-state index contributed by atoms with van der Waals surface area (Å²) in [5.41, 5.74) is 1.68. The van der Waals surface area contributed by atoms with E-state index in [1.54, 1.807) is 13.8 Å². The van der Waals surface area contributed by atoms with Crippen LogP contribution in [0.25, 0.3) is 0 Å². The van der Waals surface area contributed by atoms with Gasteiger partial charge in [-0.15, -0.1) is 0 Å². The molecule has 74 valence electrons. The third-order valence-electron chi connectivity index (χ3n) is 1.87. The van der Waals surface area contributed by atoms with Crippen molar-refractivity contribution < 1.29 is 14.3 Å². The summed E-state index contributed by atoms with van der Waals surface area (Å²) in [6.07, 6.45) is 2.15. The molecule has 0 N–H and O–H groups in total. The standard InChI is InChI=1S/C10H11NO3/c1-6-9(5-12)4-11-7(2)10(6)14-8(3)13/h4-5H,1-3H3. The number of nitrogens with zero attached hydrogens (tertiary/aromatic N) is 1. The maximum absolute atomic E-state index is 10.8. The van der Waals surface area contributed by atoms with Crippen LogP contribution in [0, 0.1) is 13.8 Å². The molecule has 0 aliphatic rings. The second kappa shape index (κ2) is 4.00. The summed E-state index contributed by atoms with van der Waals surface area (Å²) in [5.74, 6) is -0.0388. The van der Waals surface area contributed by atoms with Crippen molar-refractivity contribution in [2.75, 3.05) is 0 Å². The van der Waals surface area contributed by atoms with Crippen molar-refractivity contribution in [2.45, 2.75) is 20.8 Å². The summed E-state index contributed by atoms with van der Waals surface area (Å²) in [6, 6.07) is 0. The van der Waals surface area contributed by atoms with E-state index in [2.05, 4.69) is 4.98 Å². The summed E-state index contributed by atoms with van der Waals surface area (Å²) >= 11 is 0. The van der Waals surface area contributed by atoms with Crippen LogP contribution >= 0.6 is 0 Å². The third-order valence-corrected chi connectivity index (χ3v) is 1.87. The van der Waals surface area contributed by atoms with E-state index in [-0.39, 0.29) is 0 Å². The van der Waals surface area contributed by atoms with Gasteiger partial charge in [0.05, 0.1) is 5.69 Å². The smallest absolute Gasteiger partial charge is 0.308 e. The molecule has 0 aliphatic carbocycles. The van der Waals surface area contributed by atoms with Gasteiger partial charge in [0.1, 0.15) is 0 Å². The van der Waals surface area contributed by atoms with Gasteiger partial charge < -0.3 is 4.74 Å². The molecule has 0 amide bonds. The van der Waals surface area contributed by atoms with Crippen molar-refractivity contribution in [3.05, 3.63) is 23.0 Å². The fourth-order valence-electron chi connectivity index (χ4n) is 1.14. The Morgan fingerprint density at radius 2 is 2.14 bits per heavy atom. The van der Waals surface area contributed by atoms with E-state index in [1.165, 1.54) is 13.1 Å². The second-order valence-corrected chi connectivity index (χ2v) is 2.96. The topological polar surface area (TPSA) is 56.3 Å². The molecule has 1 rings (SSSR count). The Morgan fingerprint density at radius 1 is 1.50 bits per heavy atom. The Morgan fingerprint density at radius 3 is 2.64 bits per heavy atom. The molecule has 0 bridgehead atoms. The minimum absolute atomic E-state index is 0.377. The minimum Gasteiger partial charge on any atom is -0.424 e. The fourth-order valence-corrected chi connectivity index (χ4v) is 1.14. The number of hydrogen-bond acceptors (Lipinski definition) is 4. The monoisotopic (exact) mass is 193 g/mol. The molecule has 0 saturated heterocycles. The fraction of sp³-hybridized carbons (Fsp3) is 0.300. The van der Waals surface area contributed by atoms with Gasteiger partial charge in [-0.1, -0.05) is 0 Å². The zero-order valence-electron chi connectivity index (χ0n) is 8.33. The van der Waals surface area contributed by atoms with E-state index in [0.717, 1.165) is 0 Å². The molecule has 0 unspecified atom stereocenters. The lowest BCUT2D eigenvalue weighted by Gasteiger charge is -2.09. The van der Waals surface area contributed by atoms with E-state index in [9.17, 15) is 9.59 Å². The molecule has 0 spiro atoms. The predicted molar refractivity (Wildman–Crippen MR) is 50.4 cm³/mol. The van der Waals surface area contributed by atoms with Crippen molar-refractivity contribution in [3.63, 3.8) is 0 Å². The molecule has 0 radical (unpaired) electrons. The first-order chi connectivity index (χ1) is 6.56. The molecule has 0 fully saturated rings. The van der Waals surface area contributed by atoms with Gasteiger partial charge in [0.15, 0.2) is 12.0 Å². The molecule has 0 saturated carbocycles. The van der Waals surface area contributed by atoms with Crippen LogP contribution < -0.4 is 4.74 Å². The van der Waals surface area contributed by atoms with E-state index in [0.29, 0.717) is 28.9 Å². The summed E-state index contributed by atoms with van der Waals surface area (Å²) in [6.45, 7) is 4.75. The van der Waals surface area contributed by atoms with Gasteiger partial charge in [-0.25, -0.2) is 0 Å². The number of aldehydes is 1. The molecule has 0 atom stereocenters. The number of aromatic nitrogens is 1. The molecule has 1 heterocycles. The third kappa shape index (κ3) is 1.96. The molecule has 0 aliphatic heterocycles. The first-order valence-electron chi connectivity index (χ1n) is 4.16. The van der Waals surface area contributed by atoms with Gasteiger partial charge in [0, 0.05) is 24.2 Å². The first-order valence-corrected chi connectivity index (χ1v) is 4.16. The molecule has 0 aromatic carbocycles. The van der Waals surface area contributed by atoms with Gasteiger partial charge in [0.2, 0.25) is 0 Å². The molecule has 4 heteroatoms. The van der Waals surface area contributed by atoms with Gasteiger partial charge in [-0.2, -0.15) is 0 Å². The summed E-state index contributed by atoms with van der Waals surface area (Å²) in [4.78, 5) is 25.3. The van der Waals surface area contributed by atoms with Crippen LogP contribution in [0.15, 0.2) is 6.20 Å². The van der Waals surface area contributed by atoms with Gasteiger partial charge in [-0.05, 0) is 13.8 Å². The van der Waals surface area contributed by atoms with E-state index < -0.39 is 5.97 Å². The van der Waals surface area contributed by atoms with Gasteiger partial charge in [-0.3, -0.25) is 14.6 Å². The van der Waals surface area contributed by atoms with Crippen LogP contribution in [0.3, 0.4) is 0 Å². The van der Waals surface area contributed by atoms with Crippen LogP contribution in [0.1, 0.15) is 28.5 Å². The van der Waals surface area contributed by atoms with E-state index in [1.807, 2.05) is 0 Å². The number of rotatable bonds is 2. The number of carbonyl (C=O) groups excluding carboxylic acids is 2. The highest BCUT2D eigenvalue weighted by molar-refractivity contribution is 5.79. The highest BCUT2D eigenvalue weighted by Gasteiger charge is 2.11. The van der Waals surface area contributed by atoms with Crippen LogP contribution in [-0.2, 0) is 4.79 Å². The molecular weight excluding hydrogens is 182 g/mol. The lowest BCUT2D eigenvalue weighted by Crippen LogP contribution is -2.06. The Hall–Kier alpha value is -1.71. The lowest BCUT2D eigenvalue weighted by atomic mass is 10.1. The molecule has 1 aromatic heterocycles. The highest BCUT2D eigenvalue weighted by Crippen LogP contribution is 2.23. The average molecular weight is 193 g/mol. The molecule has 14 heavy (non-hydrogen) atoms. The SMILES string of the molecule is CC(=O)Oc1c(C)ncc(C=O)c1C. The summed E-state index contributed by atoms with van der Waals surface area (Å²) in [5, 5.41) is 0. The summed E-state index contributed by atoms with van der Waals surface area (Å²) < 4.78 is 4.96. The molecule has 4 nitrogen and oxygen atoms in total. The quantitative estimate of drug-likeness (QED) is 0.526. The molecular formula is C10H11NO3. The summed E-state index contributed by atoms with van der Waals surface area (Å²) in [7, 11) is 0. The van der Waals surface area contributed by atoms with Gasteiger partial charge >= 0.3 is 5.97 Å². The largest absolute Gasteiger partial charge is 0.424 e. The number of ether oxygens (including phenoxy) is 1. The van der Waals surface area contributed by atoms with Crippen molar-refractivity contribution in [1.29, 1.82) is 0 Å². The Kier molecular flexibility index (Phi) is 2.96. The van der Waals surface area contributed by atoms with Crippen LogP contribution in [0.4, 0.5) is 0 Å². The number of pyridine rings is 1.